The zero-order chi connectivity index (χ0) is 19.2. The molecule has 6 nitrogen and oxygen atoms in total. The molecule has 0 aromatic carbocycles. The van der Waals surface area contributed by atoms with Crippen molar-refractivity contribution in [1.82, 2.24) is 20.3 Å². The van der Waals surface area contributed by atoms with Crippen LogP contribution in [0.5, 0.6) is 0 Å². The molecule has 28 heavy (non-hydrogen) atoms. The lowest BCUT2D eigenvalue weighted by molar-refractivity contribution is -0.126. The highest BCUT2D eigenvalue weighted by atomic mass is 16.1. The fraction of sp³-hybridized carbons (Fsp3) is 0.545. The molecule has 2 aliphatic rings. The summed E-state index contributed by atoms with van der Waals surface area (Å²) in [6.07, 6.45) is 15.3. The van der Waals surface area contributed by atoms with Gasteiger partial charge in [0.2, 0.25) is 11.9 Å². The van der Waals surface area contributed by atoms with E-state index in [9.17, 15) is 4.79 Å². The zero-order valence-corrected chi connectivity index (χ0v) is 16.3. The standard InChI is InChI=1S/C22H29N5O/c28-21(17-5-3-1-2-4-6-17)25-18-7-8-19(15-18)26-22-24-14-11-20(27-22)16-9-12-23-13-10-16/h9-14,17-19H,1-8,15H2,(H,25,28)(H,24,26,27)/t18-,19-/m0/s1. The van der Waals surface area contributed by atoms with Crippen molar-refractivity contribution in [1.29, 1.82) is 0 Å². The lowest BCUT2D eigenvalue weighted by atomic mass is 9.99. The largest absolute Gasteiger partial charge is 0.353 e. The van der Waals surface area contributed by atoms with E-state index in [1.54, 1.807) is 18.6 Å². The van der Waals surface area contributed by atoms with E-state index in [2.05, 4.69) is 25.6 Å². The van der Waals surface area contributed by atoms with Crippen LogP contribution < -0.4 is 10.6 Å². The van der Waals surface area contributed by atoms with Crippen molar-refractivity contribution < 1.29 is 4.79 Å². The number of amides is 1. The van der Waals surface area contributed by atoms with Crippen LogP contribution in [0.25, 0.3) is 11.3 Å². The number of aromatic nitrogens is 3. The highest BCUT2D eigenvalue weighted by Gasteiger charge is 2.29. The molecule has 2 aromatic rings. The SMILES string of the molecule is O=C(N[C@H]1CC[C@H](Nc2nccc(-c3ccncc3)n2)C1)C1CCCCCC1. The van der Waals surface area contributed by atoms with E-state index < -0.39 is 0 Å². The van der Waals surface area contributed by atoms with Crippen molar-refractivity contribution in [3.63, 3.8) is 0 Å². The van der Waals surface area contributed by atoms with Crippen LogP contribution in [0.3, 0.4) is 0 Å². The van der Waals surface area contributed by atoms with Crippen LogP contribution in [0, 0.1) is 5.92 Å². The third-order valence-electron chi connectivity index (χ3n) is 5.97. The molecular formula is C22H29N5O. The smallest absolute Gasteiger partial charge is 0.223 e. The van der Waals surface area contributed by atoms with Gasteiger partial charge in [0.1, 0.15) is 0 Å². The second-order valence-electron chi connectivity index (χ2n) is 8.05. The number of hydrogen-bond acceptors (Lipinski definition) is 5. The molecule has 0 unspecified atom stereocenters. The number of anilines is 1. The first-order valence-corrected chi connectivity index (χ1v) is 10.6. The van der Waals surface area contributed by atoms with Crippen LogP contribution in [-0.2, 0) is 4.79 Å². The molecule has 4 rings (SSSR count). The summed E-state index contributed by atoms with van der Waals surface area (Å²) in [7, 11) is 0. The van der Waals surface area contributed by atoms with Crippen LogP contribution >= 0.6 is 0 Å². The zero-order valence-electron chi connectivity index (χ0n) is 16.3. The number of nitrogens with zero attached hydrogens (tertiary/aromatic N) is 3. The van der Waals surface area contributed by atoms with Gasteiger partial charge in [0.15, 0.2) is 0 Å². The summed E-state index contributed by atoms with van der Waals surface area (Å²) in [5.74, 6) is 1.13. The van der Waals surface area contributed by atoms with E-state index in [0.29, 0.717) is 12.0 Å². The van der Waals surface area contributed by atoms with Gasteiger partial charge >= 0.3 is 0 Å². The minimum absolute atomic E-state index is 0.217. The predicted molar refractivity (Wildman–Crippen MR) is 110 cm³/mol. The van der Waals surface area contributed by atoms with Crippen LogP contribution in [0.1, 0.15) is 57.8 Å². The molecule has 2 aromatic heterocycles. The van der Waals surface area contributed by atoms with E-state index in [1.807, 2.05) is 18.2 Å². The molecule has 148 valence electrons. The fourth-order valence-corrected chi connectivity index (χ4v) is 4.40. The van der Waals surface area contributed by atoms with Crippen molar-refractivity contribution >= 4 is 11.9 Å². The molecule has 1 amide bonds. The van der Waals surface area contributed by atoms with Crippen LogP contribution in [0.4, 0.5) is 5.95 Å². The predicted octanol–water partition coefficient (Wildman–Crippen LogP) is 3.96. The summed E-state index contributed by atoms with van der Waals surface area (Å²) in [4.78, 5) is 25.7. The summed E-state index contributed by atoms with van der Waals surface area (Å²) < 4.78 is 0. The third-order valence-corrected chi connectivity index (χ3v) is 5.97. The van der Waals surface area contributed by atoms with E-state index in [0.717, 1.165) is 43.4 Å². The summed E-state index contributed by atoms with van der Waals surface area (Å²) in [6, 6.07) is 6.36. The molecule has 0 aliphatic heterocycles. The average Bonchev–Trinajstić information content (AvgIpc) is 2.99. The van der Waals surface area contributed by atoms with Gasteiger partial charge in [-0.25, -0.2) is 9.97 Å². The van der Waals surface area contributed by atoms with Gasteiger partial charge in [-0.1, -0.05) is 25.7 Å². The molecular weight excluding hydrogens is 350 g/mol. The van der Waals surface area contributed by atoms with Gasteiger partial charge in [-0.3, -0.25) is 9.78 Å². The van der Waals surface area contributed by atoms with Gasteiger partial charge in [0.05, 0.1) is 5.69 Å². The van der Waals surface area contributed by atoms with Crippen molar-refractivity contribution in [3.8, 4) is 11.3 Å². The van der Waals surface area contributed by atoms with E-state index in [-0.39, 0.29) is 17.9 Å². The van der Waals surface area contributed by atoms with Crippen LogP contribution in [0.15, 0.2) is 36.8 Å². The maximum absolute atomic E-state index is 12.6. The molecule has 0 saturated heterocycles. The summed E-state index contributed by atoms with van der Waals surface area (Å²) in [5.41, 5.74) is 1.91. The first kappa shape index (κ1) is 18.8. The third kappa shape index (κ3) is 4.86. The molecule has 2 fully saturated rings. The molecule has 0 bridgehead atoms. The summed E-state index contributed by atoms with van der Waals surface area (Å²) in [5, 5.41) is 6.76. The molecule has 2 saturated carbocycles. The van der Waals surface area contributed by atoms with Gasteiger partial charge in [-0.05, 0) is 50.3 Å². The number of hydrogen-bond donors (Lipinski definition) is 2. The number of carbonyl (C=O) groups is 1. The molecule has 2 heterocycles. The monoisotopic (exact) mass is 379 g/mol. The van der Waals surface area contributed by atoms with Gasteiger partial charge in [-0.15, -0.1) is 0 Å². The van der Waals surface area contributed by atoms with Crippen molar-refractivity contribution in [2.75, 3.05) is 5.32 Å². The van der Waals surface area contributed by atoms with Gasteiger partial charge in [0, 0.05) is 42.2 Å². The summed E-state index contributed by atoms with van der Waals surface area (Å²) >= 11 is 0. The van der Waals surface area contributed by atoms with Crippen molar-refractivity contribution in [3.05, 3.63) is 36.8 Å². The molecule has 0 spiro atoms. The normalized spacial score (nSPS) is 23.1. The Hall–Kier alpha value is -2.50. The number of pyridine rings is 1. The Morgan fingerprint density at radius 3 is 2.43 bits per heavy atom. The maximum atomic E-state index is 12.6. The fourth-order valence-electron chi connectivity index (χ4n) is 4.40. The van der Waals surface area contributed by atoms with E-state index >= 15 is 0 Å². The Kier molecular flexibility index (Phi) is 6.14. The molecule has 2 N–H and O–H groups in total. The topological polar surface area (TPSA) is 79.8 Å². The van der Waals surface area contributed by atoms with Crippen molar-refractivity contribution in [2.45, 2.75) is 69.9 Å². The Bertz CT molecular complexity index is 774. The van der Waals surface area contributed by atoms with Gasteiger partial charge in [0.25, 0.3) is 0 Å². The molecule has 2 atom stereocenters. The Balaban J connectivity index is 1.31. The van der Waals surface area contributed by atoms with E-state index in [4.69, 9.17) is 0 Å². The number of rotatable bonds is 5. The minimum Gasteiger partial charge on any atom is -0.353 e. The average molecular weight is 380 g/mol. The Morgan fingerprint density at radius 2 is 1.64 bits per heavy atom. The Morgan fingerprint density at radius 1 is 0.893 bits per heavy atom. The molecule has 0 radical (unpaired) electrons. The van der Waals surface area contributed by atoms with Gasteiger partial charge in [-0.2, -0.15) is 0 Å². The van der Waals surface area contributed by atoms with Crippen LogP contribution in [0.2, 0.25) is 0 Å². The van der Waals surface area contributed by atoms with Crippen molar-refractivity contribution in [2.24, 2.45) is 5.92 Å². The minimum atomic E-state index is 0.217. The number of carbonyl (C=O) groups excluding carboxylic acids is 1. The number of nitrogens with one attached hydrogen (secondary N) is 2. The molecule has 6 heteroatoms. The Labute approximate surface area is 166 Å². The van der Waals surface area contributed by atoms with Gasteiger partial charge < -0.3 is 10.6 Å². The summed E-state index contributed by atoms with van der Waals surface area (Å²) in [6.45, 7) is 0. The van der Waals surface area contributed by atoms with E-state index in [1.165, 1.54) is 25.7 Å². The first-order chi connectivity index (χ1) is 13.8. The highest BCUT2D eigenvalue weighted by Crippen LogP contribution is 2.26. The quantitative estimate of drug-likeness (QED) is 0.769. The second-order valence-corrected chi connectivity index (χ2v) is 8.05. The molecule has 2 aliphatic carbocycles. The highest BCUT2D eigenvalue weighted by molar-refractivity contribution is 5.79. The lowest BCUT2D eigenvalue weighted by Gasteiger charge is -2.19. The lowest BCUT2D eigenvalue weighted by Crippen LogP contribution is -2.38. The maximum Gasteiger partial charge on any atom is 0.223 e. The second kappa shape index (κ2) is 9.13. The first-order valence-electron chi connectivity index (χ1n) is 10.6. The van der Waals surface area contributed by atoms with Crippen LogP contribution in [-0.4, -0.2) is 32.9 Å².